The standard InChI is InChI=1S/C7H11O3/c1-2-3-4-6-5-9-7(8)10-6/h4,6H,2-3,5H2,1H3. The number of ether oxygens (including phenoxy) is 2. The number of rotatable bonds is 3. The predicted molar refractivity (Wildman–Crippen MR) is 35.4 cm³/mol. The first-order valence-electron chi connectivity index (χ1n) is 3.49. The first-order chi connectivity index (χ1) is 4.83. The summed E-state index contributed by atoms with van der Waals surface area (Å²) in [6.45, 7) is 2.47. The Bertz CT molecular complexity index is 122. The van der Waals surface area contributed by atoms with Crippen molar-refractivity contribution >= 4 is 6.16 Å². The second-order valence-electron chi connectivity index (χ2n) is 2.24. The molecule has 1 saturated heterocycles. The summed E-state index contributed by atoms with van der Waals surface area (Å²) in [6, 6.07) is 0. The lowest BCUT2D eigenvalue weighted by molar-refractivity contribution is 0.122. The maximum atomic E-state index is 10.4. The monoisotopic (exact) mass is 143 g/mol. The van der Waals surface area contributed by atoms with Gasteiger partial charge in [0.15, 0.2) is 0 Å². The SMILES string of the molecule is CCC[CH]C1COC(=O)O1. The minimum atomic E-state index is -0.544. The molecule has 57 valence electrons. The Morgan fingerprint density at radius 1 is 1.80 bits per heavy atom. The molecule has 3 nitrogen and oxygen atoms in total. The highest BCUT2D eigenvalue weighted by atomic mass is 16.8. The molecular formula is C7H11O3. The molecule has 1 rings (SSSR count). The number of carbonyl (C=O) groups excluding carboxylic acids is 1. The Labute approximate surface area is 60.3 Å². The van der Waals surface area contributed by atoms with Crippen LogP contribution in [-0.4, -0.2) is 18.9 Å². The van der Waals surface area contributed by atoms with Crippen molar-refractivity contribution in [2.75, 3.05) is 6.61 Å². The quantitative estimate of drug-likeness (QED) is 0.562. The molecule has 0 aliphatic carbocycles. The van der Waals surface area contributed by atoms with Gasteiger partial charge in [-0.05, 0) is 6.42 Å². The Morgan fingerprint density at radius 3 is 3.10 bits per heavy atom. The number of cyclic esters (lactones) is 2. The lowest BCUT2D eigenvalue weighted by Gasteiger charge is -2.01. The van der Waals surface area contributed by atoms with Gasteiger partial charge in [0.25, 0.3) is 0 Å². The van der Waals surface area contributed by atoms with Crippen LogP contribution in [0, 0.1) is 6.42 Å². The molecule has 1 unspecified atom stereocenters. The minimum absolute atomic E-state index is 0.104. The van der Waals surface area contributed by atoms with Crippen molar-refractivity contribution in [3.05, 3.63) is 6.42 Å². The number of carbonyl (C=O) groups is 1. The topological polar surface area (TPSA) is 35.5 Å². The zero-order valence-electron chi connectivity index (χ0n) is 6.00. The summed E-state index contributed by atoms with van der Waals surface area (Å²) in [6.07, 6.45) is 3.37. The summed E-state index contributed by atoms with van der Waals surface area (Å²) in [5.41, 5.74) is 0. The van der Waals surface area contributed by atoms with E-state index in [1.807, 2.05) is 6.42 Å². The van der Waals surface area contributed by atoms with E-state index in [1.54, 1.807) is 0 Å². The van der Waals surface area contributed by atoms with E-state index in [2.05, 4.69) is 11.7 Å². The van der Waals surface area contributed by atoms with E-state index in [0.29, 0.717) is 6.61 Å². The number of unbranched alkanes of at least 4 members (excludes halogenated alkanes) is 1. The van der Waals surface area contributed by atoms with Crippen LogP contribution in [0.1, 0.15) is 19.8 Å². The highest BCUT2D eigenvalue weighted by Gasteiger charge is 2.23. The molecule has 0 spiro atoms. The molecule has 10 heavy (non-hydrogen) atoms. The second-order valence-corrected chi connectivity index (χ2v) is 2.24. The van der Waals surface area contributed by atoms with E-state index in [-0.39, 0.29) is 6.10 Å². The molecule has 0 amide bonds. The third kappa shape index (κ3) is 1.90. The maximum absolute atomic E-state index is 10.4. The molecule has 1 aliphatic rings. The molecule has 0 N–H and O–H groups in total. The third-order valence-electron chi connectivity index (χ3n) is 1.33. The van der Waals surface area contributed by atoms with E-state index in [9.17, 15) is 4.79 Å². The highest BCUT2D eigenvalue weighted by molar-refractivity contribution is 5.62. The van der Waals surface area contributed by atoms with Gasteiger partial charge in [0, 0.05) is 6.42 Å². The van der Waals surface area contributed by atoms with Gasteiger partial charge in [0.1, 0.15) is 12.7 Å². The Hall–Kier alpha value is -0.730. The van der Waals surface area contributed by atoms with Crippen LogP contribution in [0.5, 0.6) is 0 Å². The van der Waals surface area contributed by atoms with Crippen LogP contribution in [-0.2, 0) is 9.47 Å². The van der Waals surface area contributed by atoms with Gasteiger partial charge in [-0.25, -0.2) is 4.79 Å². The lowest BCUT2D eigenvalue weighted by atomic mass is 10.2. The first-order valence-corrected chi connectivity index (χ1v) is 3.49. The second kappa shape index (κ2) is 3.44. The van der Waals surface area contributed by atoms with Gasteiger partial charge in [-0.1, -0.05) is 13.3 Å². The fourth-order valence-corrected chi connectivity index (χ4v) is 0.811. The Balaban J connectivity index is 2.12. The van der Waals surface area contributed by atoms with Gasteiger partial charge in [0.2, 0.25) is 0 Å². The first kappa shape index (κ1) is 7.38. The van der Waals surface area contributed by atoms with Crippen LogP contribution in [0.15, 0.2) is 0 Å². The highest BCUT2D eigenvalue weighted by Crippen LogP contribution is 2.11. The molecule has 0 bridgehead atoms. The molecule has 0 aromatic rings. The predicted octanol–water partition coefficient (Wildman–Crippen LogP) is 1.53. The van der Waals surface area contributed by atoms with Crippen LogP contribution >= 0.6 is 0 Å². The molecular weight excluding hydrogens is 132 g/mol. The minimum Gasteiger partial charge on any atom is -0.430 e. The third-order valence-corrected chi connectivity index (χ3v) is 1.33. The summed E-state index contributed by atoms with van der Waals surface area (Å²) in [5.74, 6) is 0. The zero-order valence-corrected chi connectivity index (χ0v) is 6.00. The number of hydrogen-bond acceptors (Lipinski definition) is 3. The van der Waals surface area contributed by atoms with Crippen LogP contribution in [0.25, 0.3) is 0 Å². The number of hydrogen-bond donors (Lipinski definition) is 0. The average molecular weight is 143 g/mol. The van der Waals surface area contributed by atoms with Crippen LogP contribution < -0.4 is 0 Å². The average Bonchev–Trinajstić information content (AvgIpc) is 2.31. The largest absolute Gasteiger partial charge is 0.508 e. The van der Waals surface area contributed by atoms with E-state index in [1.165, 1.54) is 0 Å². The summed E-state index contributed by atoms with van der Waals surface area (Å²) < 4.78 is 9.32. The van der Waals surface area contributed by atoms with Crippen molar-refractivity contribution in [3.8, 4) is 0 Å². The Kier molecular flexibility index (Phi) is 2.54. The van der Waals surface area contributed by atoms with Crippen LogP contribution in [0.4, 0.5) is 4.79 Å². The van der Waals surface area contributed by atoms with E-state index in [0.717, 1.165) is 12.8 Å². The lowest BCUT2D eigenvalue weighted by Crippen LogP contribution is -2.09. The fourth-order valence-electron chi connectivity index (χ4n) is 0.811. The molecule has 0 aromatic heterocycles. The molecule has 1 aliphatic heterocycles. The van der Waals surface area contributed by atoms with E-state index < -0.39 is 6.16 Å². The van der Waals surface area contributed by atoms with Crippen molar-refractivity contribution in [1.29, 1.82) is 0 Å². The molecule has 0 saturated carbocycles. The van der Waals surface area contributed by atoms with Gasteiger partial charge >= 0.3 is 6.16 Å². The van der Waals surface area contributed by atoms with Gasteiger partial charge in [-0.3, -0.25) is 0 Å². The van der Waals surface area contributed by atoms with Crippen molar-refractivity contribution in [2.45, 2.75) is 25.9 Å². The van der Waals surface area contributed by atoms with Crippen LogP contribution in [0.3, 0.4) is 0 Å². The molecule has 0 aromatic carbocycles. The van der Waals surface area contributed by atoms with Crippen molar-refractivity contribution in [3.63, 3.8) is 0 Å². The van der Waals surface area contributed by atoms with Gasteiger partial charge in [-0.2, -0.15) is 0 Å². The Morgan fingerprint density at radius 2 is 2.60 bits per heavy atom. The summed E-state index contributed by atoms with van der Waals surface area (Å²) in [5, 5.41) is 0. The molecule has 1 radical (unpaired) electrons. The van der Waals surface area contributed by atoms with E-state index >= 15 is 0 Å². The normalized spacial score (nSPS) is 24.1. The van der Waals surface area contributed by atoms with Crippen molar-refractivity contribution in [2.24, 2.45) is 0 Å². The van der Waals surface area contributed by atoms with Crippen molar-refractivity contribution < 1.29 is 14.3 Å². The molecule has 1 atom stereocenters. The maximum Gasteiger partial charge on any atom is 0.508 e. The van der Waals surface area contributed by atoms with Gasteiger partial charge < -0.3 is 9.47 Å². The summed E-state index contributed by atoms with van der Waals surface area (Å²) in [7, 11) is 0. The smallest absolute Gasteiger partial charge is 0.430 e. The fraction of sp³-hybridized carbons (Fsp3) is 0.714. The zero-order chi connectivity index (χ0) is 7.40. The van der Waals surface area contributed by atoms with Crippen LogP contribution in [0.2, 0.25) is 0 Å². The molecule has 3 heteroatoms. The molecule has 1 heterocycles. The van der Waals surface area contributed by atoms with E-state index in [4.69, 9.17) is 4.74 Å². The summed E-state index contributed by atoms with van der Waals surface area (Å²) in [4.78, 5) is 10.4. The molecule has 1 fully saturated rings. The van der Waals surface area contributed by atoms with Crippen molar-refractivity contribution in [1.82, 2.24) is 0 Å². The summed E-state index contributed by atoms with van der Waals surface area (Å²) >= 11 is 0. The van der Waals surface area contributed by atoms with Gasteiger partial charge in [-0.15, -0.1) is 0 Å². The van der Waals surface area contributed by atoms with Gasteiger partial charge in [0.05, 0.1) is 0 Å².